The van der Waals surface area contributed by atoms with Crippen LogP contribution in [-0.2, 0) is 5.41 Å². The monoisotopic (exact) mass is 1080 g/mol. The summed E-state index contributed by atoms with van der Waals surface area (Å²) in [4.78, 5) is 2.42. The molecule has 1 aliphatic rings. The molecule has 14 aromatic carbocycles. The van der Waals surface area contributed by atoms with Gasteiger partial charge in [-0.15, -0.1) is 0 Å². The summed E-state index contributed by atoms with van der Waals surface area (Å²) in [5.74, 6) is 0. The average Bonchev–Trinajstić information content (AvgIpc) is 1.87. The topological polar surface area (TPSA) is 8.17 Å². The molecule has 15 aromatic rings. The predicted molar refractivity (Wildman–Crippen MR) is 361 cm³/mol. The lowest BCUT2D eigenvalue weighted by Gasteiger charge is -2.28. The van der Waals surface area contributed by atoms with E-state index in [9.17, 15) is 0 Å². The molecule has 0 bridgehead atoms. The van der Waals surface area contributed by atoms with E-state index in [0.717, 1.165) is 33.8 Å². The van der Waals surface area contributed by atoms with Crippen LogP contribution in [0.3, 0.4) is 0 Å². The molecule has 0 atom stereocenters. The molecular formula is C83H58N2. The van der Waals surface area contributed by atoms with Crippen LogP contribution in [-0.4, -0.2) is 4.57 Å². The van der Waals surface area contributed by atoms with E-state index < -0.39 is 0 Å². The number of rotatable bonds is 10. The Morgan fingerprint density at radius 3 is 1.11 bits per heavy atom. The first-order valence-electron chi connectivity index (χ1n) is 29.6. The van der Waals surface area contributed by atoms with Gasteiger partial charge in [-0.1, -0.05) is 250 Å². The molecule has 1 aromatic heterocycles. The first-order valence-corrected chi connectivity index (χ1v) is 29.6. The van der Waals surface area contributed by atoms with E-state index in [1.165, 1.54) is 121 Å². The van der Waals surface area contributed by atoms with Gasteiger partial charge < -0.3 is 9.47 Å². The second-order valence-corrected chi connectivity index (χ2v) is 23.1. The number of benzene rings is 14. The summed E-state index contributed by atoms with van der Waals surface area (Å²) in [5.41, 5.74) is 26.4. The van der Waals surface area contributed by atoms with Crippen molar-refractivity contribution in [3.63, 3.8) is 0 Å². The minimum atomic E-state index is -0.276. The van der Waals surface area contributed by atoms with Crippen LogP contribution in [0.5, 0.6) is 0 Å². The van der Waals surface area contributed by atoms with Gasteiger partial charge >= 0.3 is 0 Å². The lowest BCUT2D eigenvalue weighted by atomic mass is 9.80. The number of aromatic nitrogens is 1. The zero-order chi connectivity index (χ0) is 56.6. The fourth-order valence-corrected chi connectivity index (χ4v) is 14.0. The van der Waals surface area contributed by atoms with Gasteiger partial charge in [0.05, 0.1) is 11.0 Å². The Balaban J connectivity index is 0.801. The van der Waals surface area contributed by atoms with Gasteiger partial charge in [-0.25, -0.2) is 0 Å². The normalized spacial score (nSPS) is 12.4. The Kier molecular flexibility index (Phi) is 11.9. The number of hydrogen-bond acceptors (Lipinski definition) is 1. The molecule has 0 amide bonds. The van der Waals surface area contributed by atoms with Gasteiger partial charge in [0.15, 0.2) is 0 Å². The van der Waals surface area contributed by atoms with Crippen molar-refractivity contribution in [2.24, 2.45) is 0 Å². The maximum Gasteiger partial charge on any atom is 0.0541 e. The number of hydrogen-bond donors (Lipinski definition) is 0. The van der Waals surface area contributed by atoms with E-state index in [0.29, 0.717) is 0 Å². The number of fused-ring (bicyclic) bond motifs is 8. The molecule has 1 aliphatic carbocycles. The van der Waals surface area contributed by atoms with E-state index in [2.05, 4.69) is 339 Å². The average molecular weight is 1080 g/mol. The van der Waals surface area contributed by atoms with Crippen LogP contribution in [0, 0.1) is 0 Å². The summed E-state index contributed by atoms with van der Waals surface area (Å²) >= 11 is 0. The molecule has 0 fully saturated rings. The van der Waals surface area contributed by atoms with Gasteiger partial charge in [0.2, 0.25) is 0 Å². The van der Waals surface area contributed by atoms with Gasteiger partial charge in [-0.05, 0) is 189 Å². The van der Waals surface area contributed by atoms with Gasteiger partial charge in [-0.2, -0.15) is 0 Å². The third-order valence-corrected chi connectivity index (χ3v) is 18.0. The smallest absolute Gasteiger partial charge is 0.0541 e. The lowest BCUT2D eigenvalue weighted by Crippen LogP contribution is -2.16. The highest BCUT2D eigenvalue weighted by Gasteiger charge is 2.37. The number of anilines is 3. The van der Waals surface area contributed by atoms with Crippen LogP contribution < -0.4 is 4.90 Å². The quantitative estimate of drug-likeness (QED) is 0.124. The fraction of sp³-hybridized carbons (Fsp3) is 0.0361. The van der Waals surface area contributed by atoms with Crippen molar-refractivity contribution in [2.75, 3.05) is 4.90 Å². The Morgan fingerprint density at radius 2 is 0.612 bits per heavy atom. The van der Waals surface area contributed by atoms with Crippen LogP contribution in [0.4, 0.5) is 17.1 Å². The van der Waals surface area contributed by atoms with Crippen molar-refractivity contribution in [1.82, 2.24) is 4.57 Å². The van der Waals surface area contributed by atoms with Gasteiger partial charge in [-0.3, -0.25) is 0 Å². The van der Waals surface area contributed by atoms with Crippen LogP contribution in [0.15, 0.2) is 315 Å². The third kappa shape index (κ3) is 8.32. The largest absolute Gasteiger partial charge is 0.310 e. The summed E-state index contributed by atoms with van der Waals surface area (Å²) in [6.45, 7) is 4.81. The Hall–Kier alpha value is -10.8. The highest BCUT2D eigenvalue weighted by Crippen LogP contribution is 2.53. The molecule has 2 nitrogen and oxygen atoms in total. The van der Waals surface area contributed by atoms with Gasteiger partial charge in [0, 0.05) is 38.9 Å². The summed E-state index contributed by atoms with van der Waals surface area (Å²) in [6.07, 6.45) is 0. The van der Waals surface area contributed by atoms with E-state index in [1.54, 1.807) is 0 Å². The maximum atomic E-state index is 2.49. The SMILES string of the molecule is CC1(C)c2cc(-c3c4ccccc4c(-c4ccccc4)c4ccccc34)ccc2-c2ccc(N(c3ccccc3)c3ccc(-n4c5ccc(-c6ccccc6-c6ccccc6)cc5c5cc(-c6ccccc6-c6ccccc6)ccc54)cc3)cc21. The van der Waals surface area contributed by atoms with E-state index in [1.807, 2.05) is 0 Å². The Labute approximate surface area is 496 Å². The van der Waals surface area contributed by atoms with Crippen molar-refractivity contribution in [2.45, 2.75) is 19.3 Å². The van der Waals surface area contributed by atoms with Crippen molar-refractivity contribution in [3.8, 4) is 83.6 Å². The number of nitrogens with zero attached hydrogens (tertiary/aromatic N) is 2. The highest BCUT2D eigenvalue weighted by atomic mass is 15.1. The van der Waals surface area contributed by atoms with E-state index >= 15 is 0 Å². The summed E-state index contributed by atoms with van der Waals surface area (Å²) in [7, 11) is 0. The summed E-state index contributed by atoms with van der Waals surface area (Å²) < 4.78 is 2.45. The molecule has 85 heavy (non-hydrogen) atoms. The van der Waals surface area contributed by atoms with Crippen molar-refractivity contribution in [1.29, 1.82) is 0 Å². The van der Waals surface area contributed by atoms with Gasteiger partial charge in [0.25, 0.3) is 0 Å². The predicted octanol–water partition coefficient (Wildman–Crippen LogP) is 22.9. The standard InChI is InChI=1S/C83H58N2/c1-83(2)77-53-60(82-73-37-21-19-35-71(73)81(57-27-11-5-12-28-57)72-36-20-22-38-74(72)82)39-47-69(77)70-48-46-64(54-78(70)83)84(61-29-13-6-14-30-61)62-42-44-63(45-43-62)85-79-49-40-58(67-33-17-15-31-65(67)55-23-7-3-8-24-55)51-75(79)76-52-59(41-50-80(76)85)68-34-18-16-32-66(68)56-25-9-4-10-26-56/h3-54H,1-2H3. The van der Waals surface area contributed by atoms with Gasteiger partial charge in [0.1, 0.15) is 0 Å². The van der Waals surface area contributed by atoms with Crippen LogP contribution >= 0.6 is 0 Å². The van der Waals surface area contributed by atoms with Crippen LogP contribution in [0.25, 0.3) is 127 Å². The third-order valence-electron chi connectivity index (χ3n) is 18.0. The van der Waals surface area contributed by atoms with E-state index in [-0.39, 0.29) is 5.41 Å². The molecule has 0 spiro atoms. The molecule has 0 aliphatic heterocycles. The molecule has 2 heteroatoms. The second kappa shape index (κ2) is 20.3. The van der Waals surface area contributed by atoms with Crippen molar-refractivity contribution in [3.05, 3.63) is 327 Å². The minimum Gasteiger partial charge on any atom is -0.310 e. The Bertz CT molecular complexity index is 4860. The molecule has 1 heterocycles. The zero-order valence-electron chi connectivity index (χ0n) is 47.4. The molecule has 0 N–H and O–H groups in total. The lowest BCUT2D eigenvalue weighted by molar-refractivity contribution is 0.660. The molecule has 0 saturated heterocycles. The van der Waals surface area contributed by atoms with E-state index in [4.69, 9.17) is 0 Å². The highest BCUT2D eigenvalue weighted by molar-refractivity contribution is 6.21. The fourth-order valence-electron chi connectivity index (χ4n) is 14.0. The Morgan fingerprint density at radius 1 is 0.247 bits per heavy atom. The molecule has 16 rings (SSSR count). The summed E-state index contributed by atoms with van der Waals surface area (Å²) in [6, 6.07) is 116. The van der Waals surface area contributed by atoms with Crippen molar-refractivity contribution < 1.29 is 0 Å². The number of para-hydroxylation sites is 1. The molecule has 400 valence electrons. The zero-order valence-corrected chi connectivity index (χ0v) is 47.4. The maximum absolute atomic E-state index is 2.49. The minimum absolute atomic E-state index is 0.276. The molecule has 0 unspecified atom stereocenters. The molecule has 0 saturated carbocycles. The van der Waals surface area contributed by atoms with Crippen LogP contribution in [0.2, 0.25) is 0 Å². The second-order valence-electron chi connectivity index (χ2n) is 23.1. The first kappa shape index (κ1) is 50.0. The van der Waals surface area contributed by atoms with Crippen molar-refractivity contribution >= 4 is 60.4 Å². The first-order chi connectivity index (χ1) is 41.9. The molecular weight excluding hydrogens is 1020 g/mol. The molecule has 0 radical (unpaired) electrons. The summed E-state index contributed by atoms with van der Waals surface area (Å²) in [5, 5.41) is 7.49. The van der Waals surface area contributed by atoms with Crippen LogP contribution in [0.1, 0.15) is 25.0 Å².